The maximum absolute atomic E-state index is 11.5. The van der Waals surface area contributed by atoms with Crippen molar-refractivity contribution in [3.63, 3.8) is 0 Å². The number of urea groups is 1. The third-order valence-electron chi connectivity index (χ3n) is 2.65. The summed E-state index contributed by atoms with van der Waals surface area (Å²) in [7, 11) is 0. The average molecular weight is 404 g/mol. The van der Waals surface area contributed by atoms with Gasteiger partial charge in [-0.25, -0.2) is 15.6 Å². The first-order valence-corrected chi connectivity index (χ1v) is 7.99. The van der Waals surface area contributed by atoms with E-state index in [1.165, 1.54) is 12.4 Å². The number of hydrazone groups is 2. The quantitative estimate of drug-likeness (QED) is 0.549. The number of carbonyl (C=O) groups excluding carboxylic acids is 1. The number of amides is 2. The Kier molecular flexibility index (Phi) is 6.87. The number of carbonyl (C=O) groups is 1. The maximum atomic E-state index is 11.5. The van der Waals surface area contributed by atoms with Crippen LogP contribution >= 0.6 is 46.4 Å². The van der Waals surface area contributed by atoms with Gasteiger partial charge in [-0.15, -0.1) is 0 Å². The van der Waals surface area contributed by atoms with E-state index in [0.717, 1.165) is 0 Å². The molecule has 0 heterocycles. The standard InChI is InChI=1S/C15H10Cl4N4O/c16-11-3-1-9(5-13(11)18)7-20-22-15(24)23-21-8-10-2-4-12(17)14(19)6-10/h1-8H,(H2,22,23,24)/b20-7+,21-8+. The Balaban J connectivity index is 1.84. The van der Waals surface area contributed by atoms with Crippen molar-refractivity contribution in [1.82, 2.24) is 10.9 Å². The third kappa shape index (κ3) is 5.69. The Morgan fingerprint density at radius 2 is 1.17 bits per heavy atom. The lowest BCUT2D eigenvalue weighted by atomic mass is 10.2. The molecule has 124 valence electrons. The van der Waals surface area contributed by atoms with Crippen molar-refractivity contribution in [2.24, 2.45) is 10.2 Å². The second-order valence-electron chi connectivity index (χ2n) is 4.42. The summed E-state index contributed by atoms with van der Waals surface area (Å²) in [5.74, 6) is 0. The van der Waals surface area contributed by atoms with Gasteiger partial charge in [-0.3, -0.25) is 0 Å². The van der Waals surface area contributed by atoms with E-state index in [2.05, 4.69) is 21.1 Å². The zero-order valence-electron chi connectivity index (χ0n) is 11.9. The molecular weight excluding hydrogens is 394 g/mol. The molecule has 2 aromatic rings. The minimum Gasteiger partial charge on any atom is -0.245 e. The molecule has 0 fully saturated rings. The normalized spacial score (nSPS) is 11.2. The molecule has 0 aliphatic heterocycles. The highest BCUT2D eigenvalue weighted by molar-refractivity contribution is 6.42. The molecule has 0 bridgehead atoms. The second-order valence-corrected chi connectivity index (χ2v) is 6.05. The van der Waals surface area contributed by atoms with Crippen LogP contribution in [0, 0.1) is 0 Å². The van der Waals surface area contributed by atoms with Gasteiger partial charge in [-0.05, 0) is 35.4 Å². The number of hydrogen-bond donors (Lipinski definition) is 2. The SMILES string of the molecule is O=C(N/N=C/c1ccc(Cl)c(Cl)c1)N/N=C/c1ccc(Cl)c(Cl)c1. The molecule has 0 atom stereocenters. The van der Waals surface area contributed by atoms with E-state index in [9.17, 15) is 4.79 Å². The summed E-state index contributed by atoms with van der Waals surface area (Å²) < 4.78 is 0. The van der Waals surface area contributed by atoms with Gasteiger partial charge in [0.05, 0.1) is 32.5 Å². The van der Waals surface area contributed by atoms with Gasteiger partial charge < -0.3 is 0 Å². The van der Waals surface area contributed by atoms with Crippen molar-refractivity contribution in [3.05, 3.63) is 67.6 Å². The summed E-state index contributed by atoms with van der Waals surface area (Å²) in [6.45, 7) is 0. The molecule has 0 radical (unpaired) electrons. The minimum absolute atomic E-state index is 0.399. The summed E-state index contributed by atoms with van der Waals surface area (Å²) >= 11 is 23.4. The van der Waals surface area contributed by atoms with Crippen molar-refractivity contribution in [1.29, 1.82) is 0 Å². The monoisotopic (exact) mass is 402 g/mol. The second kappa shape index (κ2) is 8.89. The van der Waals surface area contributed by atoms with Gasteiger partial charge >= 0.3 is 6.03 Å². The molecule has 0 saturated carbocycles. The molecule has 0 aliphatic rings. The molecule has 2 N–H and O–H groups in total. The molecule has 0 saturated heterocycles. The average Bonchev–Trinajstić information content (AvgIpc) is 2.54. The van der Waals surface area contributed by atoms with Crippen molar-refractivity contribution >= 4 is 64.9 Å². The van der Waals surface area contributed by atoms with Crippen molar-refractivity contribution in [2.45, 2.75) is 0 Å². The number of nitrogens with one attached hydrogen (secondary N) is 2. The number of rotatable bonds is 4. The maximum Gasteiger partial charge on any atom is 0.355 e. The highest BCUT2D eigenvalue weighted by Crippen LogP contribution is 2.22. The van der Waals surface area contributed by atoms with Crippen LogP contribution in [0.25, 0.3) is 0 Å². The molecule has 2 aromatic carbocycles. The molecule has 0 unspecified atom stereocenters. The fourth-order valence-corrected chi connectivity index (χ4v) is 2.15. The topological polar surface area (TPSA) is 65.8 Å². The Morgan fingerprint density at radius 1 is 0.750 bits per heavy atom. The number of hydrogen-bond acceptors (Lipinski definition) is 3. The van der Waals surface area contributed by atoms with Gasteiger partial charge in [0.15, 0.2) is 0 Å². The Morgan fingerprint density at radius 3 is 1.54 bits per heavy atom. The van der Waals surface area contributed by atoms with Gasteiger partial charge in [0.2, 0.25) is 0 Å². The molecule has 0 aliphatic carbocycles. The van der Waals surface area contributed by atoms with Crippen LogP contribution in [0.1, 0.15) is 11.1 Å². The molecule has 0 aromatic heterocycles. The fourth-order valence-electron chi connectivity index (χ4n) is 1.54. The van der Waals surface area contributed by atoms with Crippen molar-refractivity contribution in [3.8, 4) is 0 Å². The fraction of sp³-hybridized carbons (Fsp3) is 0. The van der Waals surface area contributed by atoms with Crippen LogP contribution in [0.15, 0.2) is 46.6 Å². The highest BCUT2D eigenvalue weighted by atomic mass is 35.5. The van der Waals surface area contributed by atoms with E-state index in [1.807, 2.05) is 0 Å². The lowest BCUT2D eigenvalue weighted by Crippen LogP contribution is -2.28. The van der Waals surface area contributed by atoms with Gasteiger partial charge in [0.1, 0.15) is 0 Å². The molecule has 2 rings (SSSR count). The first-order valence-electron chi connectivity index (χ1n) is 6.48. The molecule has 0 spiro atoms. The van der Waals surface area contributed by atoms with E-state index >= 15 is 0 Å². The number of benzene rings is 2. The Labute approximate surface area is 158 Å². The Hall–Kier alpha value is -1.79. The van der Waals surface area contributed by atoms with Gasteiger partial charge in [0.25, 0.3) is 0 Å². The molecule has 5 nitrogen and oxygen atoms in total. The van der Waals surface area contributed by atoms with E-state index in [0.29, 0.717) is 31.2 Å². The van der Waals surface area contributed by atoms with Crippen molar-refractivity contribution < 1.29 is 4.79 Å². The lowest BCUT2D eigenvalue weighted by Gasteiger charge is -2.00. The molecule has 9 heteroatoms. The van der Waals surface area contributed by atoms with Crippen LogP contribution in [0.3, 0.4) is 0 Å². The van der Waals surface area contributed by atoms with Crippen LogP contribution < -0.4 is 10.9 Å². The lowest BCUT2D eigenvalue weighted by molar-refractivity contribution is 0.242. The van der Waals surface area contributed by atoms with Gasteiger partial charge in [-0.2, -0.15) is 10.2 Å². The third-order valence-corrected chi connectivity index (χ3v) is 4.12. The van der Waals surface area contributed by atoms with Crippen LogP contribution in [-0.4, -0.2) is 18.5 Å². The van der Waals surface area contributed by atoms with Gasteiger partial charge in [-0.1, -0.05) is 58.5 Å². The Bertz CT molecular complexity index is 743. The predicted molar refractivity (Wildman–Crippen MR) is 99.8 cm³/mol. The zero-order valence-corrected chi connectivity index (χ0v) is 15.0. The summed E-state index contributed by atoms with van der Waals surface area (Å²) in [5, 5.41) is 9.21. The van der Waals surface area contributed by atoms with Gasteiger partial charge in [0, 0.05) is 0 Å². The summed E-state index contributed by atoms with van der Waals surface area (Å²) in [4.78, 5) is 11.5. The number of halogens is 4. The highest BCUT2D eigenvalue weighted by Gasteiger charge is 1.99. The minimum atomic E-state index is -0.609. The zero-order chi connectivity index (χ0) is 17.5. The largest absolute Gasteiger partial charge is 0.355 e. The summed E-state index contributed by atoms with van der Waals surface area (Å²) in [6, 6.07) is 9.31. The van der Waals surface area contributed by atoms with E-state index in [1.54, 1.807) is 36.4 Å². The van der Waals surface area contributed by atoms with Crippen LogP contribution in [-0.2, 0) is 0 Å². The first-order chi connectivity index (χ1) is 11.5. The van der Waals surface area contributed by atoms with E-state index in [-0.39, 0.29) is 0 Å². The van der Waals surface area contributed by atoms with Crippen LogP contribution in [0.2, 0.25) is 20.1 Å². The summed E-state index contributed by atoms with van der Waals surface area (Å²) in [5.41, 5.74) is 5.88. The summed E-state index contributed by atoms with van der Waals surface area (Å²) in [6.07, 6.45) is 2.84. The van der Waals surface area contributed by atoms with E-state index in [4.69, 9.17) is 46.4 Å². The van der Waals surface area contributed by atoms with E-state index < -0.39 is 6.03 Å². The number of nitrogens with zero attached hydrogens (tertiary/aromatic N) is 2. The van der Waals surface area contributed by atoms with Crippen LogP contribution in [0.5, 0.6) is 0 Å². The first kappa shape index (κ1) is 18.5. The molecular formula is C15H10Cl4N4O. The van der Waals surface area contributed by atoms with Crippen LogP contribution in [0.4, 0.5) is 4.79 Å². The predicted octanol–water partition coefficient (Wildman–Crippen LogP) is 4.97. The molecule has 24 heavy (non-hydrogen) atoms. The van der Waals surface area contributed by atoms with Crippen molar-refractivity contribution in [2.75, 3.05) is 0 Å². The smallest absolute Gasteiger partial charge is 0.245 e. The molecule has 2 amide bonds.